The Hall–Kier alpha value is -2.98. The molecule has 0 spiro atoms. The number of carbonyl (C=O) groups is 2. The van der Waals surface area contributed by atoms with Crippen molar-refractivity contribution in [2.24, 2.45) is 0 Å². The van der Waals surface area contributed by atoms with Gasteiger partial charge < -0.3 is 15.0 Å². The Morgan fingerprint density at radius 3 is 2.28 bits per heavy atom. The van der Waals surface area contributed by atoms with Crippen LogP contribution in [0, 0.1) is 5.82 Å². The fraction of sp³-hybridized carbons (Fsp3) is 0.364. The first kappa shape index (κ1) is 23.7. The zero-order valence-electron chi connectivity index (χ0n) is 18.1. The summed E-state index contributed by atoms with van der Waals surface area (Å²) < 4.78 is 45.0. The van der Waals surface area contributed by atoms with Crippen molar-refractivity contribution in [1.29, 1.82) is 0 Å². The second-order valence-corrected chi connectivity index (χ2v) is 9.62. The fourth-order valence-corrected chi connectivity index (χ4v) is 4.64. The summed E-state index contributed by atoms with van der Waals surface area (Å²) >= 11 is 0. The van der Waals surface area contributed by atoms with Crippen LogP contribution in [-0.2, 0) is 20.4 Å². The molecule has 0 bridgehead atoms. The lowest BCUT2D eigenvalue weighted by atomic mass is 9.92. The minimum absolute atomic E-state index is 0.203. The van der Waals surface area contributed by atoms with Crippen molar-refractivity contribution in [1.82, 2.24) is 9.62 Å². The Morgan fingerprint density at radius 1 is 1.09 bits per heavy atom. The van der Waals surface area contributed by atoms with Gasteiger partial charge in [0, 0.05) is 18.8 Å². The molecule has 2 aromatic carbocycles. The number of ether oxygens (including phenoxy) is 1. The van der Waals surface area contributed by atoms with Crippen LogP contribution in [-0.4, -0.2) is 51.6 Å². The van der Waals surface area contributed by atoms with E-state index in [1.807, 2.05) is 0 Å². The summed E-state index contributed by atoms with van der Waals surface area (Å²) in [4.78, 5) is 27.9. The third kappa shape index (κ3) is 5.25. The largest absolute Gasteiger partial charge is 0.496 e. The molecule has 2 amide bonds. The van der Waals surface area contributed by atoms with Crippen molar-refractivity contribution in [2.75, 3.05) is 31.8 Å². The monoisotopic (exact) mass is 463 g/mol. The minimum atomic E-state index is -3.81. The van der Waals surface area contributed by atoms with E-state index in [4.69, 9.17) is 4.74 Å². The number of rotatable bonds is 7. The normalized spacial score (nSPS) is 15.8. The molecule has 0 radical (unpaired) electrons. The average molecular weight is 464 g/mol. The molecule has 172 valence electrons. The van der Waals surface area contributed by atoms with E-state index in [0.717, 1.165) is 31.2 Å². The van der Waals surface area contributed by atoms with Crippen LogP contribution in [0.2, 0.25) is 0 Å². The Labute approximate surface area is 186 Å². The molecular formula is C22H26FN3O5S. The molecular weight excluding hydrogens is 437 g/mol. The number of hydrogen-bond donors (Lipinski definition) is 2. The molecule has 1 aliphatic heterocycles. The second-order valence-electron chi connectivity index (χ2n) is 7.87. The number of anilines is 1. The highest BCUT2D eigenvalue weighted by Crippen LogP contribution is 2.28. The number of halogens is 1. The lowest BCUT2D eigenvalue weighted by Crippen LogP contribution is -2.51. The zero-order chi connectivity index (χ0) is 23.5. The quantitative estimate of drug-likeness (QED) is 0.656. The zero-order valence-corrected chi connectivity index (χ0v) is 19.0. The van der Waals surface area contributed by atoms with Gasteiger partial charge in [-0.25, -0.2) is 12.8 Å². The van der Waals surface area contributed by atoms with E-state index in [-0.39, 0.29) is 11.5 Å². The Morgan fingerprint density at radius 2 is 1.72 bits per heavy atom. The first-order chi connectivity index (χ1) is 15.0. The molecule has 0 aliphatic carbocycles. The van der Waals surface area contributed by atoms with Crippen LogP contribution < -0.4 is 14.8 Å². The van der Waals surface area contributed by atoms with Gasteiger partial charge in [0.1, 0.15) is 17.1 Å². The molecule has 32 heavy (non-hydrogen) atoms. The molecule has 1 atom stereocenters. The lowest BCUT2D eigenvalue weighted by Gasteiger charge is -2.29. The number of nitrogens with zero attached hydrogens (tertiary/aromatic N) is 1. The van der Waals surface area contributed by atoms with E-state index in [0.29, 0.717) is 30.1 Å². The molecule has 1 unspecified atom stereocenters. The standard InChI is InChI=1S/C22H26FN3O5S/c1-22(25-32(3,29)30,15-6-8-16(23)9-7-15)21(28)24-17-10-11-19(31-2)18(14-17)20(27)26-12-4-5-13-26/h6-11,14,25H,4-5,12-13H2,1-3H3,(H,24,28). The van der Waals surface area contributed by atoms with Gasteiger partial charge in [-0.1, -0.05) is 12.1 Å². The van der Waals surface area contributed by atoms with E-state index >= 15 is 0 Å². The molecule has 8 nitrogen and oxygen atoms in total. The Bertz CT molecular complexity index is 1110. The van der Waals surface area contributed by atoms with Gasteiger partial charge in [0.2, 0.25) is 15.9 Å². The lowest BCUT2D eigenvalue weighted by molar-refractivity contribution is -0.121. The highest BCUT2D eigenvalue weighted by Gasteiger charge is 2.38. The van der Waals surface area contributed by atoms with E-state index in [2.05, 4.69) is 10.0 Å². The average Bonchev–Trinajstić information content (AvgIpc) is 3.27. The molecule has 1 fully saturated rings. The molecule has 0 saturated carbocycles. The van der Waals surface area contributed by atoms with Crippen molar-refractivity contribution in [2.45, 2.75) is 25.3 Å². The van der Waals surface area contributed by atoms with Crippen molar-refractivity contribution in [3.8, 4) is 5.75 Å². The Kier molecular flexibility index (Phi) is 6.85. The molecule has 10 heteroatoms. The van der Waals surface area contributed by atoms with Crippen molar-refractivity contribution < 1.29 is 27.1 Å². The van der Waals surface area contributed by atoms with Gasteiger partial charge in [-0.15, -0.1) is 0 Å². The van der Waals surface area contributed by atoms with Crippen molar-refractivity contribution >= 4 is 27.5 Å². The van der Waals surface area contributed by atoms with Crippen molar-refractivity contribution in [3.05, 3.63) is 59.4 Å². The molecule has 1 aliphatic rings. The van der Waals surface area contributed by atoms with Gasteiger partial charge in [-0.2, -0.15) is 4.72 Å². The van der Waals surface area contributed by atoms with E-state index in [1.165, 1.54) is 32.2 Å². The molecule has 1 saturated heterocycles. The smallest absolute Gasteiger partial charge is 0.257 e. The number of methoxy groups -OCH3 is 1. The Balaban J connectivity index is 1.94. The predicted molar refractivity (Wildman–Crippen MR) is 118 cm³/mol. The summed E-state index contributed by atoms with van der Waals surface area (Å²) in [5.74, 6) is -1.04. The maximum atomic E-state index is 13.4. The minimum Gasteiger partial charge on any atom is -0.496 e. The van der Waals surface area contributed by atoms with Crippen LogP contribution in [0.4, 0.5) is 10.1 Å². The van der Waals surface area contributed by atoms with E-state index in [1.54, 1.807) is 17.0 Å². The van der Waals surface area contributed by atoms with Gasteiger partial charge in [0.15, 0.2) is 0 Å². The summed E-state index contributed by atoms with van der Waals surface area (Å²) in [7, 11) is -2.35. The number of hydrogen-bond acceptors (Lipinski definition) is 5. The summed E-state index contributed by atoms with van der Waals surface area (Å²) in [6, 6.07) is 9.59. The van der Waals surface area contributed by atoms with Crippen LogP contribution in [0.25, 0.3) is 0 Å². The van der Waals surface area contributed by atoms with Crippen LogP contribution in [0.1, 0.15) is 35.7 Å². The number of nitrogens with one attached hydrogen (secondary N) is 2. The second kappa shape index (κ2) is 9.25. The topological polar surface area (TPSA) is 105 Å². The number of sulfonamides is 1. The van der Waals surface area contributed by atoms with Gasteiger partial charge in [0.25, 0.3) is 5.91 Å². The van der Waals surface area contributed by atoms with Gasteiger partial charge >= 0.3 is 0 Å². The number of carbonyl (C=O) groups excluding carboxylic acids is 2. The van der Waals surface area contributed by atoms with E-state index in [9.17, 15) is 22.4 Å². The summed E-state index contributed by atoms with van der Waals surface area (Å²) in [6.45, 7) is 2.69. The number of benzene rings is 2. The molecule has 3 rings (SSSR count). The number of amides is 2. The molecule has 2 N–H and O–H groups in total. The first-order valence-electron chi connectivity index (χ1n) is 10.1. The summed E-state index contributed by atoms with van der Waals surface area (Å²) in [6.07, 6.45) is 2.79. The van der Waals surface area contributed by atoms with E-state index < -0.39 is 27.3 Å². The summed E-state index contributed by atoms with van der Waals surface area (Å²) in [5.41, 5.74) is -0.877. The fourth-order valence-electron chi connectivity index (χ4n) is 3.69. The van der Waals surface area contributed by atoms with Crippen LogP contribution in [0.15, 0.2) is 42.5 Å². The highest BCUT2D eigenvalue weighted by molar-refractivity contribution is 7.88. The van der Waals surface area contributed by atoms with Crippen LogP contribution >= 0.6 is 0 Å². The SMILES string of the molecule is COc1ccc(NC(=O)C(C)(NS(C)(=O)=O)c2ccc(F)cc2)cc1C(=O)N1CCCC1. The molecule has 0 aromatic heterocycles. The van der Waals surface area contributed by atoms with Gasteiger partial charge in [-0.05, 0) is 55.7 Å². The van der Waals surface area contributed by atoms with Crippen LogP contribution in [0.5, 0.6) is 5.75 Å². The van der Waals surface area contributed by atoms with Crippen LogP contribution in [0.3, 0.4) is 0 Å². The predicted octanol–water partition coefficient (Wildman–Crippen LogP) is 2.47. The van der Waals surface area contributed by atoms with Crippen molar-refractivity contribution in [3.63, 3.8) is 0 Å². The molecule has 1 heterocycles. The van der Waals surface area contributed by atoms with Gasteiger partial charge in [0.05, 0.1) is 18.9 Å². The summed E-state index contributed by atoms with van der Waals surface area (Å²) in [5, 5.41) is 2.67. The maximum Gasteiger partial charge on any atom is 0.257 e. The highest BCUT2D eigenvalue weighted by atomic mass is 32.2. The van der Waals surface area contributed by atoms with Gasteiger partial charge in [-0.3, -0.25) is 9.59 Å². The molecule has 2 aromatic rings. The number of likely N-dealkylation sites (tertiary alicyclic amines) is 1. The third-order valence-corrected chi connectivity index (χ3v) is 6.13. The maximum absolute atomic E-state index is 13.4. The third-order valence-electron chi connectivity index (χ3n) is 5.35. The first-order valence-corrected chi connectivity index (χ1v) is 12.0.